The van der Waals surface area contributed by atoms with Crippen molar-refractivity contribution in [1.82, 2.24) is 4.98 Å². The van der Waals surface area contributed by atoms with E-state index in [1.54, 1.807) is 30.3 Å². The molecule has 0 atom stereocenters. The number of ether oxygens (including phenoxy) is 1. The van der Waals surface area contributed by atoms with Crippen LogP contribution in [0.3, 0.4) is 0 Å². The number of hydrogen-bond donors (Lipinski definition) is 2. The zero-order valence-electron chi connectivity index (χ0n) is 9.84. The maximum absolute atomic E-state index is 11.6. The molecule has 0 saturated heterocycles. The van der Waals surface area contributed by atoms with Gasteiger partial charge >= 0.3 is 0 Å². The van der Waals surface area contributed by atoms with E-state index in [0.717, 1.165) is 0 Å². The monoisotopic (exact) mass is 278 g/mol. The van der Waals surface area contributed by atoms with Gasteiger partial charge in [0.1, 0.15) is 5.75 Å². The van der Waals surface area contributed by atoms with Gasteiger partial charge in [-0.25, -0.2) is 4.98 Å². The van der Waals surface area contributed by atoms with Crippen LogP contribution in [-0.4, -0.2) is 22.6 Å². The maximum atomic E-state index is 11.6. The summed E-state index contributed by atoms with van der Waals surface area (Å²) in [6, 6.07) is 9.83. The van der Waals surface area contributed by atoms with Gasteiger partial charge in [0.15, 0.2) is 18.2 Å². The Labute approximate surface area is 114 Å². The van der Waals surface area contributed by atoms with E-state index in [9.17, 15) is 9.90 Å². The summed E-state index contributed by atoms with van der Waals surface area (Å²) in [6.07, 6.45) is 1.46. The fraction of sp³-hybridized carbons (Fsp3) is 0.0769. The van der Waals surface area contributed by atoms with Crippen molar-refractivity contribution in [3.05, 3.63) is 47.6 Å². The lowest BCUT2D eigenvalue weighted by Gasteiger charge is -2.08. The lowest BCUT2D eigenvalue weighted by molar-refractivity contribution is -0.118. The zero-order valence-corrected chi connectivity index (χ0v) is 10.6. The Morgan fingerprint density at radius 3 is 2.84 bits per heavy atom. The molecule has 0 spiro atoms. The normalized spacial score (nSPS) is 9.95. The van der Waals surface area contributed by atoms with E-state index < -0.39 is 5.91 Å². The van der Waals surface area contributed by atoms with Crippen LogP contribution in [0.4, 0.5) is 5.82 Å². The predicted molar refractivity (Wildman–Crippen MR) is 71.5 cm³/mol. The van der Waals surface area contributed by atoms with Crippen LogP contribution in [0.2, 0.25) is 5.02 Å². The number of aromatic hydroxyl groups is 1. The number of carbonyl (C=O) groups is 1. The van der Waals surface area contributed by atoms with Crippen molar-refractivity contribution in [3.63, 3.8) is 0 Å². The molecule has 2 aromatic rings. The lowest BCUT2D eigenvalue weighted by atomic mass is 10.3. The number of anilines is 1. The van der Waals surface area contributed by atoms with Gasteiger partial charge in [0, 0.05) is 6.20 Å². The van der Waals surface area contributed by atoms with E-state index in [0.29, 0.717) is 10.8 Å². The highest BCUT2D eigenvalue weighted by atomic mass is 35.5. The summed E-state index contributed by atoms with van der Waals surface area (Å²) in [4.78, 5) is 15.4. The van der Waals surface area contributed by atoms with E-state index in [2.05, 4.69) is 10.3 Å². The molecular formula is C13H11ClN2O3. The van der Waals surface area contributed by atoms with Crippen molar-refractivity contribution in [2.75, 3.05) is 11.9 Å². The number of para-hydroxylation sites is 1. The number of nitrogens with zero attached hydrogens (tertiary/aromatic N) is 1. The van der Waals surface area contributed by atoms with Crippen LogP contribution in [0.1, 0.15) is 0 Å². The third-order valence-electron chi connectivity index (χ3n) is 2.24. The van der Waals surface area contributed by atoms with E-state index in [1.807, 2.05) is 0 Å². The summed E-state index contributed by atoms with van der Waals surface area (Å²) in [6.45, 7) is -0.222. The first-order valence-corrected chi connectivity index (χ1v) is 5.86. The highest BCUT2D eigenvalue weighted by Crippen LogP contribution is 2.23. The maximum Gasteiger partial charge on any atom is 0.263 e. The molecule has 0 fully saturated rings. The van der Waals surface area contributed by atoms with Crippen LogP contribution < -0.4 is 10.1 Å². The summed E-state index contributed by atoms with van der Waals surface area (Å²) in [5.41, 5.74) is 0. The lowest BCUT2D eigenvalue weighted by Crippen LogP contribution is -2.20. The Morgan fingerprint density at radius 2 is 2.11 bits per heavy atom. The molecule has 0 radical (unpaired) electrons. The van der Waals surface area contributed by atoms with Crippen molar-refractivity contribution < 1.29 is 14.6 Å². The number of amides is 1. The molecule has 0 unspecified atom stereocenters. The van der Waals surface area contributed by atoms with Crippen LogP contribution in [0.15, 0.2) is 42.6 Å². The third kappa shape index (κ3) is 3.59. The summed E-state index contributed by atoms with van der Waals surface area (Å²) in [5.74, 6) is -0.0256. The summed E-state index contributed by atoms with van der Waals surface area (Å²) < 4.78 is 5.26. The van der Waals surface area contributed by atoms with Gasteiger partial charge in [-0.15, -0.1) is 0 Å². The standard InChI is InChI=1S/C13H11ClN2O3/c14-9-4-1-2-6-11(9)19-8-12(18)16-13-10(17)5-3-7-15-13/h1-7,17H,8H2,(H,15,16,18). The average molecular weight is 279 g/mol. The van der Waals surface area contributed by atoms with Crippen molar-refractivity contribution in [2.45, 2.75) is 0 Å². The molecular weight excluding hydrogens is 268 g/mol. The van der Waals surface area contributed by atoms with Crippen molar-refractivity contribution in [1.29, 1.82) is 0 Å². The largest absolute Gasteiger partial charge is 0.504 e. The molecule has 0 aliphatic carbocycles. The molecule has 1 aromatic heterocycles. The minimum Gasteiger partial charge on any atom is -0.504 e. The molecule has 6 heteroatoms. The predicted octanol–water partition coefficient (Wildman–Crippen LogP) is 2.46. The number of carbonyl (C=O) groups excluding carboxylic acids is 1. The van der Waals surface area contributed by atoms with Crippen LogP contribution >= 0.6 is 11.6 Å². The second-order valence-electron chi connectivity index (χ2n) is 3.64. The van der Waals surface area contributed by atoms with Gasteiger partial charge in [0.2, 0.25) is 0 Å². The molecule has 98 valence electrons. The molecule has 0 saturated carbocycles. The van der Waals surface area contributed by atoms with E-state index in [1.165, 1.54) is 12.3 Å². The fourth-order valence-electron chi connectivity index (χ4n) is 1.37. The number of nitrogens with one attached hydrogen (secondary N) is 1. The minimum atomic E-state index is -0.436. The topological polar surface area (TPSA) is 71.5 Å². The number of hydrogen-bond acceptors (Lipinski definition) is 4. The average Bonchev–Trinajstić information content (AvgIpc) is 2.40. The van der Waals surface area contributed by atoms with E-state index >= 15 is 0 Å². The van der Waals surface area contributed by atoms with Gasteiger partial charge in [0.05, 0.1) is 5.02 Å². The van der Waals surface area contributed by atoms with E-state index in [-0.39, 0.29) is 18.2 Å². The minimum absolute atomic E-state index is 0.0928. The first kappa shape index (κ1) is 13.2. The van der Waals surface area contributed by atoms with Crippen molar-refractivity contribution in [3.8, 4) is 11.5 Å². The number of halogens is 1. The van der Waals surface area contributed by atoms with Gasteiger partial charge < -0.3 is 15.2 Å². The highest BCUT2D eigenvalue weighted by Gasteiger charge is 2.08. The van der Waals surface area contributed by atoms with Gasteiger partial charge in [-0.05, 0) is 24.3 Å². The highest BCUT2D eigenvalue weighted by molar-refractivity contribution is 6.32. The second kappa shape index (κ2) is 6.06. The molecule has 1 heterocycles. The molecule has 5 nitrogen and oxygen atoms in total. The van der Waals surface area contributed by atoms with Crippen molar-refractivity contribution in [2.24, 2.45) is 0 Å². The zero-order chi connectivity index (χ0) is 13.7. The first-order valence-electron chi connectivity index (χ1n) is 5.48. The van der Waals surface area contributed by atoms with Crippen LogP contribution in [-0.2, 0) is 4.79 Å². The summed E-state index contributed by atoms with van der Waals surface area (Å²) in [5, 5.41) is 12.3. The van der Waals surface area contributed by atoms with E-state index in [4.69, 9.17) is 16.3 Å². The summed E-state index contributed by atoms with van der Waals surface area (Å²) >= 11 is 5.88. The molecule has 2 rings (SSSR count). The number of aromatic nitrogens is 1. The fourth-order valence-corrected chi connectivity index (χ4v) is 1.56. The Hall–Kier alpha value is -2.27. The quantitative estimate of drug-likeness (QED) is 0.901. The smallest absolute Gasteiger partial charge is 0.263 e. The molecule has 1 amide bonds. The van der Waals surface area contributed by atoms with Gasteiger partial charge in [0.25, 0.3) is 5.91 Å². The Morgan fingerprint density at radius 1 is 1.32 bits per heavy atom. The van der Waals surface area contributed by atoms with Gasteiger partial charge in [-0.3, -0.25) is 4.79 Å². The first-order chi connectivity index (χ1) is 9.16. The van der Waals surface area contributed by atoms with Crippen molar-refractivity contribution >= 4 is 23.3 Å². The van der Waals surface area contributed by atoms with Crippen LogP contribution in [0.25, 0.3) is 0 Å². The number of pyridine rings is 1. The third-order valence-corrected chi connectivity index (χ3v) is 2.55. The number of benzene rings is 1. The Bertz CT molecular complexity index is 590. The molecule has 19 heavy (non-hydrogen) atoms. The van der Waals surface area contributed by atoms with Crippen LogP contribution in [0, 0.1) is 0 Å². The number of rotatable bonds is 4. The molecule has 2 N–H and O–H groups in total. The molecule has 0 bridgehead atoms. The Kier molecular flexibility index (Phi) is 4.20. The molecule has 0 aliphatic heterocycles. The van der Waals surface area contributed by atoms with Gasteiger partial charge in [-0.2, -0.15) is 0 Å². The Balaban J connectivity index is 1.92. The molecule has 1 aromatic carbocycles. The SMILES string of the molecule is O=C(COc1ccccc1Cl)Nc1ncccc1O. The van der Waals surface area contributed by atoms with Gasteiger partial charge in [-0.1, -0.05) is 23.7 Å². The molecule has 0 aliphatic rings. The van der Waals surface area contributed by atoms with Crippen LogP contribution in [0.5, 0.6) is 11.5 Å². The second-order valence-corrected chi connectivity index (χ2v) is 4.05. The summed E-state index contributed by atoms with van der Waals surface area (Å²) in [7, 11) is 0.